The molecule has 0 radical (unpaired) electrons. The number of rotatable bonds is 6. The summed E-state index contributed by atoms with van der Waals surface area (Å²) in [5.41, 5.74) is 1.24. The van der Waals surface area contributed by atoms with Gasteiger partial charge in [-0.25, -0.2) is 4.98 Å². The molecule has 0 saturated heterocycles. The summed E-state index contributed by atoms with van der Waals surface area (Å²) in [5.74, 6) is 0. The second-order valence-corrected chi connectivity index (χ2v) is 6.02. The van der Waals surface area contributed by atoms with Gasteiger partial charge in [-0.05, 0) is 20.3 Å². The monoisotopic (exact) mass is 255 g/mol. The van der Waals surface area contributed by atoms with Gasteiger partial charge in [-0.15, -0.1) is 11.3 Å². The van der Waals surface area contributed by atoms with E-state index >= 15 is 0 Å². The predicted octanol–water partition coefficient (Wildman–Crippen LogP) is 3.05. The molecule has 0 saturated carbocycles. The number of hydrogen-bond donors (Lipinski definition) is 1. The summed E-state index contributed by atoms with van der Waals surface area (Å²) in [6, 6.07) is 1.02. The first-order valence-corrected chi connectivity index (χ1v) is 7.22. The van der Waals surface area contributed by atoms with Gasteiger partial charge in [0.25, 0.3) is 0 Å². The smallest absolute Gasteiger partial charge is 0.185 e. The molecule has 1 aromatic rings. The Hall–Kier alpha value is -0.610. The van der Waals surface area contributed by atoms with Crippen LogP contribution < -0.4 is 10.2 Å². The van der Waals surface area contributed by atoms with Gasteiger partial charge in [-0.1, -0.05) is 20.8 Å². The fourth-order valence-electron chi connectivity index (χ4n) is 1.45. The van der Waals surface area contributed by atoms with E-state index in [2.05, 4.69) is 51.9 Å². The highest BCUT2D eigenvalue weighted by molar-refractivity contribution is 7.15. The van der Waals surface area contributed by atoms with E-state index in [4.69, 9.17) is 4.98 Å². The summed E-state index contributed by atoms with van der Waals surface area (Å²) in [6.45, 7) is 11.8. The van der Waals surface area contributed by atoms with Gasteiger partial charge in [0.2, 0.25) is 0 Å². The van der Waals surface area contributed by atoms with Crippen LogP contribution in [0.5, 0.6) is 0 Å². The highest BCUT2D eigenvalue weighted by Gasteiger charge is 2.14. The molecule has 17 heavy (non-hydrogen) atoms. The first kappa shape index (κ1) is 14.5. The quantitative estimate of drug-likeness (QED) is 0.847. The van der Waals surface area contributed by atoms with Crippen molar-refractivity contribution in [1.29, 1.82) is 0 Å². The van der Waals surface area contributed by atoms with E-state index in [1.807, 2.05) is 11.3 Å². The largest absolute Gasteiger partial charge is 0.349 e. The molecule has 0 aliphatic carbocycles. The number of aryl methyl sites for hydroxylation is 1. The molecule has 0 bridgehead atoms. The molecular weight excluding hydrogens is 230 g/mol. The van der Waals surface area contributed by atoms with E-state index in [1.165, 1.54) is 10.6 Å². The third kappa shape index (κ3) is 3.96. The Morgan fingerprint density at radius 3 is 2.41 bits per heavy atom. The SMILES string of the molecule is CCc1nc(N(C)C(C)C)sc1CNC(C)C. The molecule has 0 unspecified atom stereocenters. The molecule has 0 aliphatic heterocycles. The maximum atomic E-state index is 4.73. The van der Waals surface area contributed by atoms with Crippen LogP contribution in [0.4, 0.5) is 5.13 Å². The molecule has 0 fully saturated rings. The second kappa shape index (κ2) is 6.36. The van der Waals surface area contributed by atoms with Crippen LogP contribution >= 0.6 is 11.3 Å². The summed E-state index contributed by atoms with van der Waals surface area (Å²) < 4.78 is 0. The minimum absolute atomic E-state index is 0.497. The molecule has 4 heteroatoms. The third-order valence-electron chi connectivity index (χ3n) is 2.85. The number of nitrogens with one attached hydrogen (secondary N) is 1. The van der Waals surface area contributed by atoms with E-state index in [-0.39, 0.29) is 0 Å². The Morgan fingerprint density at radius 1 is 1.29 bits per heavy atom. The Morgan fingerprint density at radius 2 is 1.94 bits per heavy atom. The number of aromatic nitrogens is 1. The number of thiazole rings is 1. The van der Waals surface area contributed by atoms with E-state index in [0.717, 1.165) is 18.1 Å². The van der Waals surface area contributed by atoms with Gasteiger partial charge in [0.15, 0.2) is 5.13 Å². The zero-order chi connectivity index (χ0) is 13.0. The zero-order valence-electron chi connectivity index (χ0n) is 11.9. The maximum Gasteiger partial charge on any atom is 0.185 e. The van der Waals surface area contributed by atoms with Gasteiger partial charge in [0.1, 0.15) is 0 Å². The zero-order valence-corrected chi connectivity index (χ0v) is 12.7. The molecule has 1 N–H and O–H groups in total. The summed E-state index contributed by atoms with van der Waals surface area (Å²) in [7, 11) is 2.11. The Labute approximate surface area is 109 Å². The van der Waals surface area contributed by atoms with Crippen LogP contribution in [0, 0.1) is 0 Å². The molecule has 3 nitrogen and oxygen atoms in total. The van der Waals surface area contributed by atoms with Gasteiger partial charge in [-0.3, -0.25) is 0 Å². The lowest BCUT2D eigenvalue weighted by Crippen LogP contribution is -2.25. The molecule has 0 atom stereocenters. The molecule has 0 spiro atoms. The molecule has 0 aliphatic rings. The van der Waals surface area contributed by atoms with Crippen molar-refractivity contribution in [2.75, 3.05) is 11.9 Å². The first-order valence-electron chi connectivity index (χ1n) is 6.40. The van der Waals surface area contributed by atoms with Crippen molar-refractivity contribution in [2.45, 2.75) is 59.7 Å². The van der Waals surface area contributed by atoms with Crippen LogP contribution in [-0.2, 0) is 13.0 Å². The van der Waals surface area contributed by atoms with E-state index in [9.17, 15) is 0 Å². The normalized spacial score (nSPS) is 11.5. The van der Waals surface area contributed by atoms with Crippen LogP contribution in [-0.4, -0.2) is 24.1 Å². The number of hydrogen-bond acceptors (Lipinski definition) is 4. The van der Waals surface area contributed by atoms with Crippen LogP contribution in [0.1, 0.15) is 45.2 Å². The highest BCUT2D eigenvalue weighted by Crippen LogP contribution is 2.27. The van der Waals surface area contributed by atoms with Gasteiger partial charge in [-0.2, -0.15) is 0 Å². The summed E-state index contributed by atoms with van der Waals surface area (Å²) in [5, 5.41) is 4.61. The topological polar surface area (TPSA) is 28.2 Å². The molecule has 0 aromatic carbocycles. The van der Waals surface area contributed by atoms with Crippen molar-refractivity contribution in [3.63, 3.8) is 0 Å². The molecule has 1 rings (SSSR count). The standard InChI is InChI=1S/C13H25N3S/c1-7-11-12(8-14-9(2)3)17-13(15-11)16(6)10(4)5/h9-10,14H,7-8H2,1-6H3. The van der Waals surface area contributed by atoms with Crippen LogP contribution in [0.2, 0.25) is 0 Å². The maximum absolute atomic E-state index is 4.73. The average Bonchev–Trinajstić information content (AvgIpc) is 2.68. The minimum Gasteiger partial charge on any atom is -0.349 e. The molecular formula is C13H25N3S. The number of nitrogens with zero attached hydrogens (tertiary/aromatic N) is 2. The van der Waals surface area contributed by atoms with Crippen molar-refractivity contribution >= 4 is 16.5 Å². The third-order valence-corrected chi connectivity index (χ3v) is 4.04. The molecule has 1 heterocycles. The first-order chi connectivity index (χ1) is 7.95. The van der Waals surface area contributed by atoms with Crippen LogP contribution in [0.25, 0.3) is 0 Å². The van der Waals surface area contributed by atoms with Crippen molar-refractivity contribution in [2.24, 2.45) is 0 Å². The van der Waals surface area contributed by atoms with Crippen molar-refractivity contribution in [3.8, 4) is 0 Å². The molecule has 98 valence electrons. The van der Waals surface area contributed by atoms with Crippen molar-refractivity contribution in [1.82, 2.24) is 10.3 Å². The van der Waals surface area contributed by atoms with Gasteiger partial charge in [0, 0.05) is 30.6 Å². The van der Waals surface area contributed by atoms with Crippen LogP contribution in [0.15, 0.2) is 0 Å². The Kier molecular flexibility index (Phi) is 5.40. The summed E-state index contributed by atoms with van der Waals surface area (Å²) in [6.07, 6.45) is 1.01. The lowest BCUT2D eigenvalue weighted by molar-refractivity contribution is 0.590. The Balaban J connectivity index is 2.82. The van der Waals surface area contributed by atoms with E-state index in [0.29, 0.717) is 12.1 Å². The van der Waals surface area contributed by atoms with Crippen molar-refractivity contribution < 1.29 is 0 Å². The minimum atomic E-state index is 0.497. The van der Waals surface area contributed by atoms with E-state index < -0.39 is 0 Å². The summed E-state index contributed by atoms with van der Waals surface area (Å²) in [4.78, 5) is 8.35. The van der Waals surface area contributed by atoms with E-state index in [1.54, 1.807) is 0 Å². The number of anilines is 1. The van der Waals surface area contributed by atoms with Gasteiger partial charge >= 0.3 is 0 Å². The molecule has 1 aromatic heterocycles. The lowest BCUT2D eigenvalue weighted by Gasteiger charge is -2.19. The summed E-state index contributed by atoms with van der Waals surface area (Å²) >= 11 is 1.81. The molecule has 0 amide bonds. The highest BCUT2D eigenvalue weighted by atomic mass is 32.1. The predicted molar refractivity (Wildman–Crippen MR) is 77.0 cm³/mol. The second-order valence-electron chi connectivity index (χ2n) is 4.96. The van der Waals surface area contributed by atoms with Crippen molar-refractivity contribution in [3.05, 3.63) is 10.6 Å². The van der Waals surface area contributed by atoms with Crippen LogP contribution in [0.3, 0.4) is 0 Å². The average molecular weight is 255 g/mol. The fourth-order valence-corrected chi connectivity index (χ4v) is 2.65. The van der Waals surface area contributed by atoms with Gasteiger partial charge in [0.05, 0.1) is 5.69 Å². The fraction of sp³-hybridized carbons (Fsp3) is 0.769. The lowest BCUT2D eigenvalue weighted by atomic mass is 10.3. The Bertz CT molecular complexity index is 344. The van der Waals surface area contributed by atoms with Gasteiger partial charge < -0.3 is 10.2 Å².